The molecule has 3 aromatic heterocycles. The second-order valence-electron chi connectivity index (χ2n) is 12.9. The topological polar surface area (TPSA) is 68.8 Å². The molecule has 0 unspecified atom stereocenters. The van der Waals surface area contributed by atoms with Crippen molar-refractivity contribution in [1.82, 2.24) is 24.5 Å². The van der Waals surface area contributed by atoms with Gasteiger partial charge in [-0.2, -0.15) is 0 Å². The van der Waals surface area contributed by atoms with Crippen molar-refractivity contribution < 1.29 is 0 Å². The van der Waals surface area contributed by atoms with E-state index in [-0.39, 0.29) is 0 Å². The second-order valence-corrected chi connectivity index (χ2v) is 12.9. The van der Waals surface area contributed by atoms with Gasteiger partial charge in [0.2, 0.25) is 0 Å². The lowest BCUT2D eigenvalue weighted by molar-refractivity contribution is 1.07. The zero-order chi connectivity index (χ0) is 37.6. The molecular formula is C49H36N6. The monoisotopic (exact) mass is 708 g/mol. The molecular weight excluding hydrogens is 673 g/mol. The highest BCUT2D eigenvalue weighted by atomic mass is 15.0. The third kappa shape index (κ3) is 7.38. The zero-order valence-corrected chi connectivity index (χ0v) is 30.1. The van der Waals surface area contributed by atoms with Crippen LogP contribution in [0, 0.1) is 0 Å². The number of aliphatic imine (C=N–C) groups is 1. The van der Waals surface area contributed by atoms with E-state index in [1.54, 1.807) is 12.4 Å². The lowest BCUT2D eigenvalue weighted by atomic mass is 10.0. The summed E-state index contributed by atoms with van der Waals surface area (Å²) in [6, 6.07) is 48.9. The summed E-state index contributed by atoms with van der Waals surface area (Å²) in [4.78, 5) is 23.1. The lowest BCUT2D eigenvalue weighted by Gasteiger charge is -2.10. The molecule has 0 radical (unpaired) electrons. The lowest BCUT2D eigenvalue weighted by Crippen LogP contribution is -2.27. The van der Waals surface area contributed by atoms with Crippen LogP contribution in [-0.2, 0) is 0 Å². The predicted molar refractivity (Wildman–Crippen MR) is 228 cm³/mol. The highest BCUT2D eigenvalue weighted by Crippen LogP contribution is 2.27. The first kappa shape index (κ1) is 34.5. The molecule has 0 saturated carbocycles. The summed E-state index contributed by atoms with van der Waals surface area (Å²) in [5, 5.41) is 3.07. The summed E-state index contributed by atoms with van der Waals surface area (Å²) >= 11 is 0. The third-order valence-electron chi connectivity index (χ3n) is 9.37. The molecule has 0 aliphatic heterocycles. The second kappa shape index (κ2) is 15.6. The Kier molecular flexibility index (Phi) is 9.78. The Bertz CT molecular complexity index is 2820. The molecule has 6 nitrogen and oxygen atoms in total. The Balaban J connectivity index is 1.11. The largest absolute Gasteiger partial charge is 0.309 e. The number of nitrogens with zero attached hydrogens (tertiary/aromatic N) is 6. The fraction of sp³-hybridized carbons (Fsp3) is 0. The average molecular weight is 709 g/mol. The van der Waals surface area contributed by atoms with Crippen LogP contribution in [0.1, 0.15) is 16.7 Å². The van der Waals surface area contributed by atoms with Gasteiger partial charge in [-0.15, -0.1) is 0 Å². The predicted octanol–water partition coefficient (Wildman–Crippen LogP) is 9.87. The van der Waals surface area contributed by atoms with Crippen molar-refractivity contribution >= 4 is 47.6 Å². The van der Waals surface area contributed by atoms with E-state index in [0.29, 0.717) is 17.5 Å². The Morgan fingerprint density at radius 1 is 0.618 bits per heavy atom. The summed E-state index contributed by atoms with van der Waals surface area (Å²) in [6.45, 7) is 12.7. The molecule has 262 valence electrons. The van der Waals surface area contributed by atoms with Crippen LogP contribution in [0.15, 0.2) is 182 Å². The van der Waals surface area contributed by atoms with Gasteiger partial charge in [-0.05, 0) is 65.9 Å². The Morgan fingerprint density at radius 3 is 1.85 bits per heavy atom. The molecule has 0 N–H and O–H groups in total. The average Bonchev–Trinajstić information content (AvgIpc) is 3.53. The van der Waals surface area contributed by atoms with Gasteiger partial charge in [-0.25, -0.2) is 15.0 Å². The molecule has 8 rings (SSSR count). The number of fused-ring (bicyclic) bond motifs is 1. The maximum Gasteiger partial charge on any atom is 0.164 e. The van der Waals surface area contributed by atoms with E-state index in [2.05, 4.69) is 95.1 Å². The van der Waals surface area contributed by atoms with Crippen LogP contribution in [0.3, 0.4) is 0 Å². The number of rotatable bonds is 10. The molecule has 0 atom stereocenters. The van der Waals surface area contributed by atoms with E-state index in [4.69, 9.17) is 15.0 Å². The highest BCUT2D eigenvalue weighted by Gasteiger charge is 2.13. The van der Waals surface area contributed by atoms with Crippen LogP contribution >= 0.6 is 0 Å². The van der Waals surface area contributed by atoms with Crippen LogP contribution in [0.5, 0.6) is 0 Å². The van der Waals surface area contributed by atoms with Crippen molar-refractivity contribution in [2.75, 3.05) is 0 Å². The van der Waals surface area contributed by atoms with Crippen LogP contribution in [0.4, 0.5) is 0 Å². The van der Waals surface area contributed by atoms with Gasteiger partial charge in [0.05, 0.1) is 16.6 Å². The Hall–Kier alpha value is -7.57. The number of benzene rings is 5. The molecule has 0 aliphatic rings. The normalized spacial score (nSPS) is 12.0. The van der Waals surface area contributed by atoms with Crippen LogP contribution in [0.2, 0.25) is 0 Å². The van der Waals surface area contributed by atoms with Gasteiger partial charge >= 0.3 is 0 Å². The number of para-hydroxylation sites is 2. The standard InChI is InChI=1S/C49H36N6/c1-34(32-46-35(2)43-20-10-11-22-45(43)55(46)42-18-8-5-9-19-42)37-27-29-40(30-28-37)49-53-47(38-15-6-4-7-16-38)52-48(54-49)39-25-23-36(24-26-39)14-12-21-44(50-3)41-17-13-31-51-33-41/h4-33H,1-3H2/b14-12+,44-21-,46-32+. The first-order chi connectivity index (χ1) is 27.1. The fourth-order valence-corrected chi connectivity index (χ4v) is 6.51. The maximum atomic E-state index is 4.97. The quantitative estimate of drug-likeness (QED) is 0.105. The van der Waals surface area contributed by atoms with Crippen LogP contribution in [0.25, 0.3) is 80.8 Å². The number of allylic oxidation sites excluding steroid dienone is 3. The van der Waals surface area contributed by atoms with Crippen molar-refractivity contribution in [1.29, 1.82) is 0 Å². The summed E-state index contributed by atoms with van der Waals surface area (Å²) < 4.78 is 2.24. The van der Waals surface area contributed by atoms with E-state index in [1.807, 2.05) is 109 Å². The highest BCUT2D eigenvalue weighted by molar-refractivity contribution is 5.90. The van der Waals surface area contributed by atoms with Crippen molar-refractivity contribution in [3.63, 3.8) is 0 Å². The molecule has 3 heterocycles. The molecule has 0 fully saturated rings. The first-order valence-electron chi connectivity index (χ1n) is 17.9. The van der Waals surface area contributed by atoms with Gasteiger partial charge in [0.15, 0.2) is 17.5 Å². The van der Waals surface area contributed by atoms with Crippen LogP contribution in [-0.4, -0.2) is 31.2 Å². The maximum absolute atomic E-state index is 4.97. The molecule has 0 amide bonds. The first-order valence-corrected chi connectivity index (χ1v) is 17.9. The van der Waals surface area contributed by atoms with Gasteiger partial charge in [0, 0.05) is 50.9 Å². The van der Waals surface area contributed by atoms with Gasteiger partial charge in [-0.1, -0.05) is 141 Å². The minimum absolute atomic E-state index is 0.586. The molecule has 8 aromatic rings. The van der Waals surface area contributed by atoms with Crippen LogP contribution < -0.4 is 10.6 Å². The van der Waals surface area contributed by atoms with Gasteiger partial charge in [-0.3, -0.25) is 9.98 Å². The summed E-state index contributed by atoms with van der Waals surface area (Å²) in [7, 11) is 0. The molecule has 0 saturated heterocycles. The van der Waals surface area contributed by atoms with E-state index < -0.39 is 0 Å². The molecule has 0 bridgehead atoms. The molecule has 55 heavy (non-hydrogen) atoms. The van der Waals surface area contributed by atoms with Gasteiger partial charge in [0.1, 0.15) is 0 Å². The van der Waals surface area contributed by atoms with Crippen molar-refractivity contribution in [2.45, 2.75) is 0 Å². The summed E-state index contributed by atoms with van der Waals surface area (Å²) in [5.74, 6) is 1.78. The molecule has 5 aromatic carbocycles. The zero-order valence-electron chi connectivity index (χ0n) is 30.1. The van der Waals surface area contributed by atoms with Gasteiger partial charge in [0.25, 0.3) is 0 Å². The molecule has 0 aliphatic carbocycles. The molecule has 0 spiro atoms. The van der Waals surface area contributed by atoms with Crippen molar-refractivity contribution in [3.8, 4) is 39.9 Å². The molecule has 6 heteroatoms. The van der Waals surface area contributed by atoms with E-state index >= 15 is 0 Å². The number of hydrogen-bond acceptors (Lipinski definition) is 5. The number of hydrogen-bond donors (Lipinski definition) is 0. The van der Waals surface area contributed by atoms with Crippen molar-refractivity contribution in [3.05, 3.63) is 204 Å². The SMILES string of the molecule is C=N/C(=C\C=C\c1ccc(-c2nc(-c3ccccc3)nc(-c3ccc(C(=C)/C=c4\c(=C)c5ccccc5n4-c4ccccc4)cc3)n2)cc1)c1cccnc1. The number of pyridine rings is 1. The van der Waals surface area contributed by atoms with E-state index in [0.717, 1.165) is 71.8 Å². The summed E-state index contributed by atoms with van der Waals surface area (Å²) in [5.41, 5.74) is 9.39. The fourth-order valence-electron chi connectivity index (χ4n) is 6.51. The Morgan fingerprint density at radius 2 is 1.22 bits per heavy atom. The summed E-state index contributed by atoms with van der Waals surface area (Å²) in [6.07, 6.45) is 11.5. The van der Waals surface area contributed by atoms with E-state index in [9.17, 15) is 0 Å². The minimum Gasteiger partial charge on any atom is -0.309 e. The number of aromatic nitrogens is 5. The third-order valence-corrected chi connectivity index (χ3v) is 9.37. The minimum atomic E-state index is 0.586. The van der Waals surface area contributed by atoms with E-state index in [1.165, 1.54) is 0 Å². The smallest absolute Gasteiger partial charge is 0.164 e. The van der Waals surface area contributed by atoms with Crippen molar-refractivity contribution in [2.24, 2.45) is 4.99 Å². The Labute approximate surface area is 319 Å². The van der Waals surface area contributed by atoms with Gasteiger partial charge < -0.3 is 4.57 Å².